The maximum atomic E-state index is 5.20. The van der Waals surface area contributed by atoms with E-state index >= 15 is 0 Å². The molecule has 0 saturated heterocycles. The van der Waals surface area contributed by atoms with Gasteiger partial charge in [-0.2, -0.15) is 0 Å². The molecule has 0 aliphatic rings. The van der Waals surface area contributed by atoms with E-state index in [0.29, 0.717) is 0 Å². The van der Waals surface area contributed by atoms with Gasteiger partial charge in [-0.15, -0.1) is 0 Å². The van der Waals surface area contributed by atoms with Crippen LogP contribution in [-0.2, 0) is 7.05 Å². The van der Waals surface area contributed by atoms with Crippen LogP contribution in [0.2, 0.25) is 0 Å². The summed E-state index contributed by atoms with van der Waals surface area (Å²) in [4.78, 5) is 0. The average Bonchev–Trinajstić information content (AvgIpc) is 2.41. The maximum absolute atomic E-state index is 5.20. The number of furan rings is 1. The molecular weight excluding hydrogens is 126 g/mol. The van der Waals surface area contributed by atoms with Crippen molar-refractivity contribution in [3.05, 3.63) is 24.1 Å². The fourth-order valence-corrected chi connectivity index (χ4v) is 1.18. The van der Waals surface area contributed by atoms with Crippen molar-refractivity contribution in [2.45, 2.75) is 6.92 Å². The van der Waals surface area contributed by atoms with Crippen LogP contribution in [0.4, 0.5) is 0 Å². The van der Waals surface area contributed by atoms with Gasteiger partial charge in [0.15, 0.2) is 5.58 Å². The highest BCUT2D eigenvalue weighted by Gasteiger charge is 2.02. The topological polar surface area (TPSA) is 18.1 Å². The van der Waals surface area contributed by atoms with Gasteiger partial charge in [0.2, 0.25) is 0 Å². The molecule has 2 aromatic heterocycles. The molecule has 0 spiro atoms. The van der Waals surface area contributed by atoms with E-state index in [2.05, 4.69) is 11.5 Å². The van der Waals surface area contributed by atoms with E-state index in [1.807, 2.05) is 19.2 Å². The smallest absolute Gasteiger partial charge is 0.151 e. The SMILES string of the molecule is Cc1cc2occc2n1C. The molecule has 2 nitrogen and oxygen atoms in total. The predicted octanol–water partition coefficient (Wildman–Crippen LogP) is 2.08. The van der Waals surface area contributed by atoms with Crippen LogP contribution < -0.4 is 0 Å². The quantitative estimate of drug-likeness (QED) is 0.540. The van der Waals surface area contributed by atoms with Crippen molar-refractivity contribution in [1.29, 1.82) is 0 Å². The highest BCUT2D eigenvalue weighted by molar-refractivity contribution is 5.75. The Labute approximate surface area is 59.1 Å². The number of rotatable bonds is 0. The third kappa shape index (κ3) is 0.533. The predicted molar refractivity (Wildman–Crippen MR) is 39.9 cm³/mol. The Morgan fingerprint density at radius 2 is 2.30 bits per heavy atom. The summed E-state index contributed by atoms with van der Waals surface area (Å²) < 4.78 is 7.31. The molecule has 0 N–H and O–H groups in total. The highest BCUT2D eigenvalue weighted by atomic mass is 16.3. The van der Waals surface area contributed by atoms with Crippen LogP contribution in [0, 0.1) is 6.92 Å². The Balaban J connectivity index is 2.95. The third-order valence-corrected chi connectivity index (χ3v) is 1.90. The molecule has 0 saturated carbocycles. The first kappa shape index (κ1) is 5.59. The minimum absolute atomic E-state index is 0.972. The first-order valence-corrected chi connectivity index (χ1v) is 3.28. The van der Waals surface area contributed by atoms with Gasteiger partial charge in [-0.3, -0.25) is 0 Å². The lowest BCUT2D eigenvalue weighted by Crippen LogP contribution is -1.87. The Morgan fingerprint density at radius 3 is 3.00 bits per heavy atom. The van der Waals surface area contributed by atoms with Crippen molar-refractivity contribution in [2.75, 3.05) is 0 Å². The van der Waals surface area contributed by atoms with Gasteiger partial charge in [0, 0.05) is 24.9 Å². The summed E-state index contributed by atoms with van der Waals surface area (Å²) in [7, 11) is 2.03. The Morgan fingerprint density at radius 1 is 1.50 bits per heavy atom. The molecule has 0 fully saturated rings. The second-order valence-corrected chi connectivity index (χ2v) is 2.51. The van der Waals surface area contributed by atoms with Crippen molar-refractivity contribution in [2.24, 2.45) is 7.05 Å². The number of aryl methyl sites for hydroxylation is 2. The van der Waals surface area contributed by atoms with Crippen LogP contribution in [0.3, 0.4) is 0 Å². The molecule has 2 heterocycles. The van der Waals surface area contributed by atoms with Crippen molar-refractivity contribution < 1.29 is 4.42 Å². The molecule has 0 atom stereocenters. The molecule has 0 bridgehead atoms. The Bertz CT molecular complexity index is 356. The molecule has 2 aromatic rings. The largest absolute Gasteiger partial charge is 0.463 e. The summed E-state index contributed by atoms with van der Waals surface area (Å²) in [6.07, 6.45) is 1.71. The zero-order valence-electron chi connectivity index (χ0n) is 6.09. The van der Waals surface area contributed by atoms with Crippen molar-refractivity contribution in [3.8, 4) is 0 Å². The van der Waals surface area contributed by atoms with E-state index < -0.39 is 0 Å². The molecule has 2 heteroatoms. The summed E-state index contributed by atoms with van der Waals surface area (Å²) in [6.45, 7) is 2.06. The summed E-state index contributed by atoms with van der Waals surface area (Å²) >= 11 is 0. The summed E-state index contributed by atoms with van der Waals surface area (Å²) in [5.74, 6) is 0. The summed E-state index contributed by atoms with van der Waals surface area (Å²) in [5, 5.41) is 0. The van der Waals surface area contributed by atoms with E-state index in [0.717, 1.165) is 11.1 Å². The molecule has 52 valence electrons. The number of fused-ring (bicyclic) bond motifs is 1. The molecule has 0 amide bonds. The van der Waals surface area contributed by atoms with Crippen LogP contribution in [0.1, 0.15) is 5.69 Å². The van der Waals surface area contributed by atoms with Crippen LogP contribution in [-0.4, -0.2) is 4.57 Å². The average molecular weight is 135 g/mol. The minimum atomic E-state index is 0.972. The number of hydrogen-bond donors (Lipinski definition) is 0. The van der Waals surface area contributed by atoms with Gasteiger partial charge in [0.1, 0.15) is 0 Å². The van der Waals surface area contributed by atoms with Gasteiger partial charge in [-0.25, -0.2) is 0 Å². The van der Waals surface area contributed by atoms with Crippen LogP contribution >= 0.6 is 0 Å². The summed E-state index contributed by atoms with van der Waals surface area (Å²) in [6, 6.07) is 4.01. The van der Waals surface area contributed by atoms with Gasteiger partial charge < -0.3 is 8.98 Å². The number of hydrogen-bond acceptors (Lipinski definition) is 1. The van der Waals surface area contributed by atoms with Gasteiger partial charge in [-0.05, 0) is 6.92 Å². The highest BCUT2D eigenvalue weighted by Crippen LogP contribution is 2.18. The van der Waals surface area contributed by atoms with E-state index in [9.17, 15) is 0 Å². The molecular formula is C8H9NO. The molecule has 10 heavy (non-hydrogen) atoms. The molecule has 0 aliphatic carbocycles. The second-order valence-electron chi connectivity index (χ2n) is 2.51. The van der Waals surface area contributed by atoms with Crippen LogP contribution in [0.5, 0.6) is 0 Å². The van der Waals surface area contributed by atoms with E-state index in [1.165, 1.54) is 5.69 Å². The standard InChI is InChI=1S/C8H9NO/c1-6-5-8-7(9(6)2)3-4-10-8/h3-5H,1-2H3. The molecule has 0 radical (unpaired) electrons. The lowest BCUT2D eigenvalue weighted by Gasteiger charge is -1.92. The van der Waals surface area contributed by atoms with E-state index in [-0.39, 0.29) is 0 Å². The third-order valence-electron chi connectivity index (χ3n) is 1.90. The van der Waals surface area contributed by atoms with Crippen LogP contribution in [0.15, 0.2) is 22.8 Å². The lowest BCUT2D eigenvalue weighted by atomic mass is 10.5. The Hall–Kier alpha value is -1.18. The normalized spacial score (nSPS) is 11.0. The molecule has 0 aromatic carbocycles. The zero-order chi connectivity index (χ0) is 7.14. The minimum Gasteiger partial charge on any atom is -0.463 e. The van der Waals surface area contributed by atoms with Gasteiger partial charge in [0.05, 0.1) is 11.8 Å². The zero-order valence-corrected chi connectivity index (χ0v) is 6.09. The maximum Gasteiger partial charge on any atom is 0.151 e. The number of aromatic nitrogens is 1. The van der Waals surface area contributed by atoms with E-state index in [1.54, 1.807) is 6.26 Å². The monoisotopic (exact) mass is 135 g/mol. The van der Waals surface area contributed by atoms with Gasteiger partial charge >= 0.3 is 0 Å². The van der Waals surface area contributed by atoms with E-state index in [4.69, 9.17) is 4.42 Å². The first-order valence-electron chi connectivity index (χ1n) is 3.28. The second kappa shape index (κ2) is 1.66. The van der Waals surface area contributed by atoms with Gasteiger partial charge in [0.25, 0.3) is 0 Å². The molecule has 2 rings (SSSR count). The summed E-state index contributed by atoms with van der Waals surface area (Å²) in [5.41, 5.74) is 3.37. The van der Waals surface area contributed by atoms with Crippen molar-refractivity contribution in [1.82, 2.24) is 4.57 Å². The molecule has 0 aliphatic heterocycles. The number of nitrogens with zero attached hydrogens (tertiary/aromatic N) is 1. The van der Waals surface area contributed by atoms with Crippen molar-refractivity contribution in [3.63, 3.8) is 0 Å². The first-order chi connectivity index (χ1) is 4.79. The fourth-order valence-electron chi connectivity index (χ4n) is 1.18. The molecule has 0 unspecified atom stereocenters. The van der Waals surface area contributed by atoms with Crippen LogP contribution in [0.25, 0.3) is 11.1 Å². The van der Waals surface area contributed by atoms with Crippen molar-refractivity contribution >= 4 is 11.1 Å². The lowest BCUT2D eigenvalue weighted by molar-refractivity contribution is 0.616. The fraction of sp³-hybridized carbons (Fsp3) is 0.250. The Kier molecular flexibility index (Phi) is 0.926. The van der Waals surface area contributed by atoms with Gasteiger partial charge in [-0.1, -0.05) is 0 Å².